The van der Waals surface area contributed by atoms with E-state index in [9.17, 15) is 4.79 Å². The van der Waals surface area contributed by atoms with E-state index in [1.54, 1.807) is 0 Å². The average Bonchev–Trinajstić information content (AvgIpc) is 2.23. The molecule has 0 unspecified atom stereocenters. The van der Waals surface area contributed by atoms with Gasteiger partial charge in [0, 0.05) is 12.0 Å². The molecule has 0 N–H and O–H groups in total. The summed E-state index contributed by atoms with van der Waals surface area (Å²) < 4.78 is 0. The molecule has 0 saturated heterocycles. The Labute approximate surface area is 94.7 Å². The lowest BCUT2D eigenvalue weighted by molar-refractivity contribution is 0.0974. The van der Waals surface area contributed by atoms with Crippen LogP contribution in [0.4, 0.5) is 0 Å². The first-order chi connectivity index (χ1) is 7.04. The highest BCUT2D eigenvalue weighted by atomic mass is 16.1. The fourth-order valence-electron chi connectivity index (χ4n) is 2.01. The Morgan fingerprint density at radius 3 is 2.07 bits per heavy atom. The van der Waals surface area contributed by atoms with Crippen molar-refractivity contribution in [2.75, 3.05) is 0 Å². The Hall–Kier alpha value is -0.850. The Morgan fingerprint density at radius 1 is 0.800 bits per heavy atom. The van der Waals surface area contributed by atoms with Crippen molar-refractivity contribution < 1.29 is 4.79 Å². The maximum Gasteiger partial charge on any atom is 0.162 e. The van der Waals surface area contributed by atoms with Crippen LogP contribution in [0.2, 0.25) is 0 Å². The summed E-state index contributed by atoms with van der Waals surface area (Å²) in [5.74, 6) is 0.00662. The van der Waals surface area contributed by atoms with Gasteiger partial charge >= 0.3 is 0 Å². The predicted octanol–water partition coefficient (Wildman–Crippen LogP) is -2.62. The second kappa shape index (κ2) is 3.62. The van der Waals surface area contributed by atoms with Crippen LogP contribution in [-0.2, 0) is 6.42 Å². The van der Waals surface area contributed by atoms with Crippen LogP contribution >= 0.6 is 0 Å². The number of fused-ring (bicyclic) bond motifs is 1. The molecule has 5 heteroatoms. The van der Waals surface area contributed by atoms with Crippen molar-refractivity contribution in [3.05, 3.63) is 11.1 Å². The molecule has 64 valence electrons. The number of carbonyl (C=O) groups is 1. The first-order valence-corrected chi connectivity index (χ1v) is 4.82. The number of hydrogen-bond acceptors (Lipinski definition) is 1. The van der Waals surface area contributed by atoms with Crippen molar-refractivity contribution in [2.24, 2.45) is 0 Å². The van der Waals surface area contributed by atoms with Crippen LogP contribution < -0.4 is 21.9 Å². The van der Waals surface area contributed by atoms with E-state index < -0.39 is 0 Å². The zero-order valence-corrected chi connectivity index (χ0v) is 8.34. The topological polar surface area (TPSA) is 17.1 Å². The van der Waals surface area contributed by atoms with Gasteiger partial charge in [-0.1, -0.05) is 5.46 Å². The summed E-state index contributed by atoms with van der Waals surface area (Å²) in [7, 11) is 23.0. The van der Waals surface area contributed by atoms with Crippen LogP contribution in [-0.4, -0.2) is 37.2 Å². The molecule has 8 radical (unpaired) electrons. The molecule has 0 aromatic heterocycles. The van der Waals surface area contributed by atoms with Crippen molar-refractivity contribution in [2.45, 2.75) is 19.3 Å². The van der Waals surface area contributed by atoms with Gasteiger partial charge in [-0.15, -0.1) is 16.4 Å². The molecule has 1 aromatic rings. The largest absolute Gasteiger partial charge is 0.294 e. The van der Waals surface area contributed by atoms with Crippen molar-refractivity contribution in [3.63, 3.8) is 0 Å². The first-order valence-electron chi connectivity index (χ1n) is 4.82. The SMILES string of the molecule is [B]c1c([B])c([B])c2c(c1[B])CCCC2=O. The van der Waals surface area contributed by atoms with Crippen LogP contribution in [0, 0.1) is 0 Å². The lowest BCUT2D eigenvalue weighted by atomic mass is 9.61. The molecule has 0 spiro atoms. The van der Waals surface area contributed by atoms with E-state index in [1.165, 1.54) is 0 Å². The highest BCUT2D eigenvalue weighted by Crippen LogP contribution is 2.16. The van der Waals surface area contributed by atoms with Gasteiger partial charge in [0.15, 0.2) is 5.78 Å². The maximum absolute atomic E-state index is 11.7. The van der Waals surface area contributed by atoms with E-state index >= 15 is 0 Å². The summed E-state index contributed by atoms with van der Waals surface area (Å²) in [4.78, 5) is 11.7. The molecule has 2 rings (SSSR count). The molecule has 1 nitrogen and oxygen atoms in total. The van der Waals surface area contributed by atoms with Crippen LogP contribution in [0.3, 0.4) is 0 Å². The van der Waals surface area contributed by atoms with E-state index in [0.29, 0.717) is 22.9 Å². The molecule has 1 aliphatic carbocycles. The zero-order chi connectivity index (χ0) is 11.2. The Morgan fingerprint density at radius 2 is 1.40 bits per heavy atom. The number of benzene rings is 1. The quantitative estimate of drug-likeness (QED) is 0.405. The van der Waals surface area contributed by atoms with Gasteiger partial charge in [-0.05, 0) is 18.4 Å². The molecule has 0 saturated carbocycles. The minimum Gasteiger partial charge on any atom is -0.294 e. The third kappa shape index (κ3) is 1.49. The average molecular weight is 185 g/mol. The fourth-order valence-corrected chi connectivity index (χ4v) is 2.01. The van der Waals surface area contributed by atoms with Crippen molar-refractivity contribution in [1.29, 1.82) is 0 Å². The van der Waals surface area contributed by atoms with Gasteiger partial charge in [-0.3, -0.25) is 4.79 Å². The summed E-state index contributed by atoms with van der Waals surface area (Å²) in [6.07, 6.45) is 2.03. The molecule has 0 amide bonds. The van der Waals surface area contributed by atoms with Crippen LogP contribution in [0.15, 0.2) is 0 Å². The van der Waals surface area contributed by atoms with E-state index in [-0.39, 0.29) is 16.7 Å². The lowest BCUT2D eigenvalue weighted by Crippen LogP contribution is -2.52. The zero-order valence-electron chi connectivity index (χ0n) is 8.34. The summed E-state index contributed by atoms with van der Waals surface area (Å²) in [5.41, 5.74) is 2.44. The number of rotatable bonds is 0. The summed E-state index contributed by atoms with van der Waals surface area (Å²) >= 11 is 0. The van der Waals surface area contributed by atoms with Gasteiger partial charge in [0.2, 0.25) is 0 Å². The Bertz CT molecular complexity index is 453. The minimum atomic E-state index is 0.00662. The summed E-state index contributed by atoms with van der Waals surface area (Å²) in [6, 6.07) is 0. The molecular formula is C10H6B4O. The number of Topliss-reactive ketones (excluding diaryl/α,β-unsaturated/α-hetero) is 1. The van der Waals surface area contributed by atoms with Gasteiger partial charge in [-0.25, -0.2) is 0 Å². The molecule has 0 fully saturated rings. The molecule has 1 aliphatic rings. The predicted molar refractivity (Wildman–Crippen MR) is 65.3 cm³/mol. The first kappa shape index (κ1) is 10.7. The van der Waals surface area contributed by atoms with Gasteiger partial charge in [-0.2, -0.15) is 0 Å². The molecule has 0 aliphatic heterocycles. The van der Waals surface area contributed by atoms with E-state index in [0.717, 1.165) is 18.4 Å². The van der Waals surface area contributed by atoms with Gasteiger partial charge < -0.3 is 0 Å². The third-order valence-corrected chi connectivity index (χ3v) is 2.88. The minimum absolute atomic E-state index is 0.00662. The van der Waals surface area contributed by atoms with Gasteiger partial charge in [0.25, 0.3) is 0 Å². The van der Waals surface area contributed by atoms with Gasteiger partial charge in [0.05, 0.1) is 0 Å². The number of ketones is 1. The molecular weight excluding hydrogens is 179 g/mol. The Kier molecular flexibility index (Phi) is 2.57. The number of hydrogen-bond donors (Lipinski definition) is 0. The molecule has 0 heterocycles. The molecule has 0 bridgehead atoms. The summed E-state index contributed by atoms with van der Waals surface area (Å²) in [5, 5.41) is 0. The van der Waals surface area contributed by atoms with Crippen LogP contribution in [0.5, 0.6) is 0 Å². The molecule has 0 atom stereocenters. The van der Waals surface area contributed by atoms with E-state index in [4.69, 9.17) is 31.4 Å². The highest BCUT2D eigenvalue weighted by molar-refractivity contribution is 6.64. The normalized spacial score (nSPS) is 15.1. The fraction of sp³-hybridized carbons (Fsp3) is 0.300. The van der Waals surface area contributed by atoms with Crippen LogP contribution in [0.1, 0.15) is 28.8 Å². The van der Waals surface area contributed by atoms with E-state index in [2.05, 4.69) is 0 Å². The van der Waals surface area contributed by atoms with E-state index in [1.807, 2.05) is 0 Å². The highest BCUT2D eigenvalue weighted by Gasteiger charge is 2.22. The maximum atomic E-state index is 11.7. The smallest absolute Gasteiger partial charge is 0.162 e. The number of carbonyl (C=O) groups excluding carboxylic acids is 1. The lowest BCUT2D eigenvalue weighted by Gasteiger charge is -2.24. The van der Waals surface area contributed by atoms with Crippen molar-refractivity contribution in [1.82, 2.24) is 0 Å². The van der Waals surface area contributed by atoms with Crippen LogP contribution in [0.25, 0.3) is 0 Å². The summed E-state index contributed by atoms with van der Waals surface area (Å²) in [6.45, 7) is 0. The molecule has 15 heavy (non-hydrogen) atoms. The Balaban J connectivity index is 2.80. The standard InChI is InChI=1S/C10H6B4O/c11-7-4-2-1-3-5(15)6(4)8(12)10(14)9(7)13/h1-3H2. The van der Waals surface area contributed by atoms with Crippen molar-refractivity contribution >= 4 is 59.0 Å². The van der Waals surface area contributed by atoms with Gasteiger partial charge in [0.1, 0.15) is 31.4 Å². The molecule has 1 aromatic carbocycles. The third-order valence-electron chi connectivity index (χ3n) is 2.88. The second-order valence-electron chi connectivity index (χ2n) is 3.78. The second-order valence-corrected chi connectivity index (χ2v) is 3.78. The monoisotopic (exact) mass is 186 g/mol. The van der Waals surface area contributed by atoms with Crippen molar-refractivity contribution in [3.8, 4) is 0 Å².